The van der Waals surface area contributed by atoms with Crippen LogP contribution >= 0.6 is 11.6 Å². The summed E-state index contributed by atoms with van der Waals surface area (Å²) in [4.78, 5) is 42.5. The fourth-order valence-corrected chi connectivity index (χ4v) is 7.51. The Labute approximate surface area is 275 Å². The summed E-state index contributed by atoms with van der Waals surface area (Å²) in [5, 5.41) is 28.4. The number of fused-ring (bicyclic) bond motifs is 4. The number of rotatable bonds is 8. The van der Waals surface area contributed by atoms with E-state index in [1.54, 1.807) is 19.0 Å². The van der Waals surface area contributed by atoms with Crippen LogP contribution < -0.4 is 9.47 Å². The third-order valence-electron chi connectivity index (χ3n) is 9.42. The summed E-state index contributed by atoms with van der Waals surface area (Å²) in [5.41, 5.74) is -0.330. The molecule has 0 bridgehead atoms. The van der Waals surface area contributed by atoms with Gasteiger partial charge in [-0.15, -0.1) is 0 Å². The zero-order valence-corrected chi connectivity index (χ0v) is 26.4. The number of allylic oxidation sites excluding steroid dienone is 1. The van der Waals surface area contributed by atoms with E-state index in [0.717, 1.165) is 11.1 Å². The number of aromatic nitrogens is 1. The third-order valence-corrected chi connectivity index (χ3v) is 9.87. The van der Waals surface area contributed by atoms with Crippen LogP contribution in [0.1, 0.15) is 66.0 Å². The molecular weight excluding hydrogens is 624 g/mol. The van der Waals surface area contributed by atoms with Gasteiger partial charge in [-0.2, -0.15) is 0 Å². The summed E-state index contributed by atoms with van der Waals surface area (Å²) in [5.74, 6) is -3.56. The SMILES string of the molecule is CN(C)[C@@H]1c2onc(OCc3ccccc3)c2C(=O)[C@@]2(O)C(O)=C3C(=O)c4c(OCc5ccccc5)cc(C=O)c(Cl)c4C[C@H]3C[C@@H]12. The smallest absolute Gasteiger partial charge is 0.265 e. The van der Waals surface area contributed by atoms with E-state index in [-0.39, 0.29) is 70.7 Å². The van der Waals surface area contributed by atoms with E-state index in [1.165, 1.54) is 6.07 Å². The number of hydrogen-bond donors (Lipinski definition) is 2. The van der Waals surface area contributed by atoms with E-state index < -0.39 is 40.8 Å². The molecule has 10 nitrogen and oxygen atoms in total. The molecule has 0 amide bonds. The lowest BCUT2D eigenvalue weighted by Crippen LogP contribution is -2.59. The van der Waals surface area contributed by atoms with Gasteiger partial charge >= 0.3 is 0 Å². The van der Waals surface area contributed by atoms with Crippen LogP contribution in [0.2, 0.25) is 5.02 Å². The molecule has 47 heavy (non-hydrogen) atoms. The maximum atomic E-state index is 14.4. The molecule has 3 aromatic carbocycles. The molecule has 11 heteroatoms. The van der Waals surface area contributed by atoms with Crippen molar-refractivity contribution in [2.45, 2.75) is 37.7 Å². The molecule has 0 saturated carbocycles. The maximum Gasteiger partial charge on any atom is 0.265 e. The van der Waals surface area contributed by atoms with Crippen molar-refractivity contribution >= 4 is 29.5 Å². The van der Waals surface area contributed by atoms with Crippen LogP contribution in [0, 0.1) is 11.8 Å². The van der Waals surface area contributed by atoms with E-state index in [0.29, 0.717) is 11.8 Å². The van der Waals surface area contributed by atoms with Gasteiger partial charge in [0, 0.05) is 17.1 Å². The maximum absolute atomic E-state index is 14.4. The molecular formula is C36H31ClN2O8. The number of halogens is 1. The van der Waals surface area contributed by atoms with Gasteiger partial charge in [-0.1, -0.05) is 72.3 Å². The number of ether oxygens (including phenoxy) is 2. The van der Waals surface area contributed by atoms with Crippen molar-refractivity contribution in [2.24, 2.45) is 11.8 Å². The zero-order valence-electron chi connectivity index (χ0n) is 25.6. The van der Waals surface area contributed by atoms with Crippen LogP contribution in [-0.4, -0.2) is 57.8 Å². The second-order valence-electron chi connectivity index (χ2n) is 12.4. The van der Waals surface area contributed by atoms with Gasteiger partial charge in [-0.25, -0.2) is 0 Å². The summed E-state index contributed by atoms with van der Waals surface area (Å²) in [7, 11) is 3.53. The Hall–Kier alpha value is -4.77. The van der Waals surface area contributed by atoms with Gasteiger partial charge in [0.1, 0.15) is 30.3 Å². The molecule has 4 aromatic rings. The normalized spacial score (nSPS) is 23.1. The van der Waals surface area contributed by atoms with Crippen molar-refractivity contribution in [1.82, 2.24) is 10.1 Å². The first-order valence-corrected chi connectivity index (χ1v) is 15.6. The van der Waals surface area contributed by atoms with Crippen molar-refractivity contribution in [3.05, 3.63) is 122 Å². The molecule has 0 radical (unpaired) electrons. The van der Waals surface area contributed by atoms with Crippen molar-refractivity contribution in [2.75, 3.05) is 14.1 Å². The Kier molecular flexibility index (Phi) is 7.74. The molecule has 3 aliphatic rings. The highest BCUT2D eigenvalue weighted by Crippen LogP contribution is 2.57. The summed E-state index contributed by atoms with van der Waals surface area (Å²) in [6, 6.07) is 19.3. The summed E-state index contributed by atoms with van der Waals surface area (Å²) < 4.78 is 17.7. The lowest BCUT2D eigenvalue weighted by Gasteiger charge is -2.49. The number of aliphatic hydroxyl groups is 2. The summed E-state index contributed by atoms with van der Waals surface area (Å²) >= 11 is 6.69. The second-order valence-corrected chi connectivity index (χ2v) is 12.7. The Morgan fingerprint density at radius 2 is 1.66 bits per heavy atom. The number of benzene rings is 3. The molecule has 4 atom stereocenters. The first-order valence-electron chi connectivity index (χ1n) is 15.2. The predicted molar refractivity (Wildman–Crippen MR) is 170 cm³/mol. The molecule has 2 N–H and O–H groups in total. The van der Waals surface area contributed by atoms with Gasteiger partial charge in [0.25, 0.3) is 5.88 Å². The summed E-state index contributed by atoms with van der Waals surface area (Å²) in [6.45, 7) is 0.188. The van der Waals surface area contributed by atoms with Crippen molar-refractivity contribution in [3.63, 3.8) is 0 Å². The molecule has 0 fully saturated rings. The molecule has 7 rings (SSSR count). The standard InChI is InChI=1S/C36H31ClN2O8/c1-39(2)30-24-14-21-13-23-27(25(15-22(16-40)29(23)37)45-17-19-9-5-3-6-10-19)31(41)26(21)33(42)36(24,44)34(43)28-32(30)47-38-35(28)46-18-20-11-7-4-8-12-20/h3-12,15-16,21,24,30,42,44H,13-14,17-18H2,1-2H3/t21-,24-,30-,36-/m0/s1. The van der Waals surface area contributed by atoms with Crippen LogP contribution in [0.15, 0.2) is 82.6 Å². The van der Waals surface area contributed by atoms with Crippen molar-refractivity contribution < 1.29 is 38.6 Å². The Morgan fingerprint density at radius 3 is 2.28 bits per heavy atom. The summed E-state index contributed by atoms with van der Waals surface area (Å²) in [6.07, 6.45) is 0.895. The van der Waals surface area contributed by atoms with E-state index in [9.17, 15) is 24.6 Å². The Bertz CT molecular complexity index is 1940. The van der Waals surface area contributed by atoms with E-state index in [2.05, 4.69) is 5.16 Å². The Balaban J connectivity index is 1.32. The first kappa shape index (κ1) is 30.9. The van der Waals surface area contributed by atoms with Gasteiger partial charge in [-0.05, 0) is 60.8 Å². The van der Waals surface area contributed by atoms with Crippen molar-refractivity contribution in [3.8, 4) is 11.6 Å². The average molecular weight is 655 g/mol. The van der Waals surface area contributed by atoms with Crippen LogP contribution in [0.4, 0.5) is 0 Å². The average Bonchev–Trinajstić information content (AvgIpc) is 3.49. The number of Topliss-reactive ketones (excluding diaryl/α,β-unsaturated/α-hetero) is 2. The Morgan fingerprint density at radius 1 is 1.02 bits per heavy atom. The van der Waals surface area contributed by atoms with Gasteiger partial charge < -0.3 is 24.2 Å². The molecule has 0 spiro atoms. The van der Waals surface area contributed by atoms with Crippen LogP contribution in [0.5, 0.6) is 11.6 Å². The van der Waals surface area contributed by atoms with Crippen LogP contribution in [-0.2, 0) is 19.6 Å². The molecule has 240 valence electrons. The lowest BCUT2D eigenvalue weighted by molar-refractivity contribution is -0.0559. The molecule has 1 heterocycles. The highest BCUT2D eigenvalue weighted by Gasteiger charge is 2.64. The molecule has 0 aliphatic heterocycles. The largest absolute Gasteiger partial charge is 0.508 e. The fraction of sp³-hybridized carbons (Fsp3) is 0.278. The second kappa shape index (κ2) is 11.8. The van der Waals surface area contributed by atoms with E-state index in [1.807, 2.05) is 60.7 Å². The number of aldehydes is 1. The number of carbonyl (C=O) groups is 3. The van der Waals surface area contributed by atoms with Gasteiger partial charge in [0.05, 0.1) is 16.6 Å². The fourth-order valence-electron chi connectivity index (χ4n) is 7.24. The minimum absolute atomic E-state index is 0.0846. The number of hydrogen-bond acceptors (Lipinski definition) is 10. The minimum Gasteiger partial charge on any atom is -0.508 e. The highest BCUT2D eigenvalue weighted by molar-refractivity contribution is 6.35. The number of carbonyl (C=O) groups excluding carboxylic acids is 3. The molecule has 0 saturated heterocycles. The third kappa shape index (κ3) is 4.86. The highest BCUT2D eigenvalue weighted by atomic mass is 35.5. The molecule has 1 aromatic heterocycles. The number of aliphatic hydroxyl groups excluding tert-OH is 1. The first-order chi connectivity index (χ1) is 22.6. The quantitative estimate of drug-likeness (QED) is 0.227. The van der Waals surface area contributed by atoms with Crippen molar-refractivity contribution in [1.29, 1.82) is 0 Å². The van der Waals surface area contributed by atoms with Gasteiger partial charge in [-0.3, -0.25) is 19.3 Å². The topological polar surface area (TPSA) is 139 Å². The molecule has 0 unspecified atom stereocenters. The minimum atomic E-state index is -2.48. The molecule has 3 aliphatic carbocycles. The number of nitrogens with zero attached hydrogens (tertiary/aromatic N) is 2. The van der Waals surface area contributed by atoms with E-state index in [4.69, 9.17) is 25.6 Å². The number of ketones is 2. The zero-order chi connectivity index (χ0) is 33.0. The van der Waals surface area contributed by atoms with Gasteiger partial charge in [0.2, 0.25) is 5.78 Å². The lowest BCUT2D eigenvalue weighted by atomic mass is 9.58. The predicted octanol–water partition coefficient (Wildman–Crippen LogP) is 5.72. The van der Waals surface area contributed by atoms with Crippen LogP contribution in [0.3, 0.4) is 0 Å². The monoisotopic (exact) mass is 654 g/mol. The van der Waals surface area contributed by atoms with Crippen LogP contribution in [0.25, 0.3) is 0 Å². The van der Waals surface area contributed by atoms with E-state index >= 15 is 0 Å². The van der Waals surface area contributed by atoms with Gasteiger partial charge in [0.15, 0.2) is 23.4 Å².